The van der Waals surface area contributed by atoms with Crippen molar-refractivity contribution in [3.05, 3.63) is 65.7 Å². The van der Waals surface area contributed by atoms with Gasteiger partial charge in [-0.1, -0.05) is 48.0 Å². The third-order valence-corrected chi connectivity index (χ3v) is 5.38. The molecule has 0 amide bonds. The van der Waals surface area contributed by atoms with Gasteiger partial charge < -0.3 is 0 Å². The number of rotatable bonds is 6. The first-order valence-electron chi connectivity index (χ1n) is 7.48. The summed E-state index contributed by atoms with van der Waals surface area (Å²) in [6.45, 7) is 2.12. The molecule has 1 saturated carbocycles. The van der Waals surface area contributed by atoms with Gasteiger partial charge >= 0.3 is 0 Å². The number of nitrogens with one attached hydrogen (secondary N) is 1. The molecule has 21 heavy (non-hydrogen) atoms. The Kier molecular flexibility index (Phi) is 4.63. The Morgan fingerprint density at radius 2 is 1.86 bits per heavy atom. The summed E-state index contributed by atoms with van der Waals surface area (Å²) in [7, 11) is 0. The molecule has 1 aliphatic rings. The number of nitrogens with two attached hydrogens (primary N) is 1. The first-order valence-corrected chi connectivity index (χ1v) is 8.47. The quantitative estimate of drug-likeness (QED) is 0.485. The highest BCUT2D eigenvalue weighted by atomic mass is 32.2. The fourth-order valence-corrected chi connectivity index (χ4v) is 3.90. The van der Waals surface area contributed by atoms with Crippen LogP contribution in [0, 0.1) is 12.8 Å². The van der Waals surface area contributed by atoms with Gasteiger partial charge in [-0.05, 0) is 42.9 Å². The number of hydrogen-bond acceptors (Lipinski definition) is 3. The van der Waals surface area contributed by atoms with Crippen LogP contribution in [-0.4, -0.2) is 11.8 Å². The van der Waals surface area contributed by atoms with E-state index >= 15 is 0 Å². The van der Waals surface area contributed by atoms with Crippen LogP contribution in [0.15, 0.2) is 59.5 Å². The van der Waals surface area contributed by atoms with Gasteiger partial charge in [0.15, 0.2) is 0 Å². The molecular formula is C18H22N2S. The molecule has 2 aromatic carbocycles. The van der Waals surface area contributed by atoms with E-state index in [9.17, 15) is 0 Å². The first kappa shape index (κ1) is 14.6. The number of aryl methyl sites for hydroxylation is 1. The molecule has 3 atom stereocenters. The van der Waals surface area contributed by atoms with Crippen molar-refractivity contribution in [1.82, 2.24) is 5.43 Å². The third-order valence-electron chi connectivity index (χ3n) is 4.25. The molecule has 3 rings (SSSR count). The minimum atomic E-state index is 0.376. The van der Waals surface area contributed by atoms with Crippen molar-refractivity contribution in [1.29, 1.82) is 0 Å². The Hall–Kier alpha value is -1.29. The molecule has 3 heteroatoms. The fraction of sp³-hybridized carbons (Fsp3) is 0.333. The maximum Gasteiger partial charge on any atom is 0.0338 e. The molecule has 2 nitrogen and oxygen atoms in total. The van der Waals surface area contributed by atoms with Crippen LogP contribution < -0.4 is 11.3 Å². The standard InChI is InChI=1S/C18H22N2S/c1-13-7-9-15(10-8-13)21-12-18(20-19)17-11-16(17)14-5-3-2-4-6-14/h2-10,16-18,20H,11-12,19H2,1H3. The second kappa shape index (κ2) is 6.65. The van der Waals surface area contributed by atoms with E-state index in [-0.39, 0.29) is 0 Å². The smallest absolute Gasteiger partial charge is 0.0338 e. The van der Waals surface area contributed by atoms with E-state index in [2.05, 4.69) is 66.9 Å². The number of hydrazine groups is 1. The van der Waals surface area contributed by atoms with Gasteiger partial charge in [-0.25, -0.2) is 0 Å². The zero-order valence-electron chi connectivity index (χ0n) is 12.3. The lowest BCUT2D eigenvalue weighted by atomic mass is 10.1. The Labute approximate surface area is 131 Å². The molecule has 2 aromatic rings. The van der Waals surface area contributed by atoms with E-state index in [0.717, 1.165) is 5.75 Å². The second-order valence-electron chi connectivity index (χ2n) is 5.81. The van der Waals surface area contributed by atoms with E-state index in [1.54, 1.807) is 0 Å². The van der Waals surface area contributed by atoms with Crippen molar-refractivity contribution in [2.24, 2.45) is 11.8 Å². The highest BCUT2D eigenvalue weighted by Crippen LogP contribution is 2.50. The lowest BCUT2D eigenvalue weighted by molar-refractivity contribution is 0.511. The average molecular weight is 298 g/mol. The number of benzene rings is 2. The van der Waals surface area contributed by atoms with Crippen LogP contribution in [0.4, 0.5) is 0 Å². The molecule has 0 spiro atoms. The molecule has 110 valence electrons. The third kappa shape index (κ3) is 3.67. The minimum Gasteiger partial charge on any atom is -0.271 e. The maximum absolute atomic E-state index is 5.78. The summed E-state index contributed by atoms with van der Waals surface area (Å²) in [6.07, 6.45) is 1.24. The van der Waals surface area contributed by atoms with Gasteiger partial charge in [0.05, 0.1) is 0 Å². The molecule has 0 aromatic heterocycles. The Morgan fingerprint density at radius 3 is 2.52 bits per heavy atom. The van der Waals surface area contributed by atoms with Crippen LogP contribution >= 0.6 is 11.8 Å². The van der Waals surface area contributed by atoms with Crippen molar-refractivity contribution < 1.29 is 0 Å². The lowest BCUT2D eigenvalue weighted by Crippen LogP contribution is -2.39. The van der Waals surface area contributed by atoms with Gasteiger partial charge in [0.1, 0.15) is 0 Å². The number of thioether (sulfide) groups is 1. The zero-order chi connectivity index (χ0) is 14.7. The summed E-state index contributed by atoms with van der Waals surface area (Å²) in [5.41, 5.74) is 5.78. The maximum atomic E-state index is 5.78. The first-order chi connectivity index (χ1) is 10.3. The molecule has 0 aliphatic heterocycles. The molecule has 0 radical (unpaired) electrons. The van der Waals surface area contributed by atoms with Crippen LogP contribution in [0.25, 0.3) is 0 Å². The lowest BCUT2D eigenvalue weighted by Gasteiger charge is -2.15. The highest BCUT2D eigenvalue weighted by Gasteiger charge is 2.43. The molecule has 0 saturated heterocycles. The summed E-state index contributed by atoms with van der Waals surface area (Å²) >= 11 is 1.88. The summed E-state index contributed by atoms with van der Waals surface area (Å²) in [5, 5.41) is 0. The molecular weight excluding hydrogens is 276 g/mol. The van der Waals surface area contributed by atoms with Gasteiger partial charge in [-0.2, -0.15) is 0 Å². The van der Waals surface area contributed by atoms with Gasteiger partial charge in [0.25, 0.3) is 0 Å². The molecule has 3 N–H and O–H groups in total. The SMILES string of the molecule is Cc1ccc(SCC(NN)C2CC2c2ccccc2)cc1. The van der Waals surface area contributed by atoms with Crippen molar-refractivity contribution in [3.8, 4) is 0 Å². The monoisotopic (exact) mass is 298 g/mol. The van der Waals surface area contributed by atoms with E-state index in [4.69, 9.17) is 5.84 Å². The largest absolute Gasteiger partial charge is 0.271 e. The van der Waals surface area contributed by atoms with Crippen LogP contribution in [0.1, 0.15) is 23.5 Å². The van der Waals surface area contributed by atoms with E-state index in [1.807, 2.05) is 11.8 Å². The van der Waals surface area contributed by atoms with E-state index < -0.39 is 0 Å². The molecule has 0 bridgehead atoms. The molecule has 3 unspecified atom stereocenters. The van der Waals surface area contributed by atoms with Crippen LogP contribution in [0.5, 0.6) is 0 Å². The molecule has 1 aliphatic carbocycles. The van der Waals surface area contributed by atoms with Gasteiger partial charge in [0, 0.05) is 16.7 Å². The average Bonchev–Trinajstić information content (AvgIpc) is 3.31. The predicted octanol–water partition coefficient (Wildman–Crippen LogP) is 3.72. The van der Waals surface area contributed by atoms with Crippen molar-refractivity contribution in [2.45, 2.75) is 30.2 Å². The fourth-order valence-electron chi connectivity index (χ4n) is 2.86. The van der Waals surface area contributed by atoms with Crippen LogP contribution in [0.2, 0.25) is 0 Å². The van der Waals surface area contributed by atoms with E-state index in [1.165, 1.54) is 22.4 Å². The zero-order valence-corrected chi connectivity index (χ0v) is 13.1. The minimum absolute atomic E-state index is 0.376. The topological polar surface area (TPSA) is 38.0 Å². The van der Waals surface area contributed by atoms with Gasteiger partial charge in [0.2, 0.25) is 0 Å². The normalized spacial score (nSPS) is 22.0. The summed E-state index contributed by atoms with van der Waals surface area (Å²) in [5.74, 6) is 8.13. The summed E-state index contributed by atoms with van der Waals surface area (Å²) < 4.78 is 0. The predicted molar refractivity (Wildman–Crippen MR) is 90.3 cm³/mol. The van der Waals surface area contributed by atoms with Crippen molar-refractivity contribution in [2.75, 3.05) is 5.75 Å². The summed E-state index contributed by atoms with van der Waals surface area (Å²) in [4.78, 5) is 1.32. The molecule has 0 heterocycles. The van der Waals surface area contributed by atoms with E-state index in [0.29, 0.717) is 17.9 Å². The van der Waals surface area contributed by atoms with Crippen molar-refractivity contribution >= 4 is 11.8 Å². The second-order valence-corrected chi connectivity index (χ2v) is 6.91. The van der Waals surface area contributed by atoms with Gasteiger partial charge in [-0.3, -0.25) is 11.3 Å². The Morgan fingerprint density at radius 1 is 1.14 bits per heavy atom. The van der Waals surface area contributed by atoms with Crippen molar-refractivity contribution in [3.63, 3.8) is 0 Å². The summed E-state index contributed by atoms with van der Waals surface area (Å²) in [6, 6.07) is 19.9. The highest BCUT2D eigenvalue weighted by molar-refractivity contribution is 7.99. The Balaban J connectivity index is 1.56. The Bertz CT molecular complexity index is 568. The van der Waals surface area contributed by atoms with Crippen LogP contribution in [0.3, 0.4) is 0 Å². The number of hydrogen-bond donors (Lipinski definition) is 2. The van der Waals surface area contributed by atoms with Crippen LogP contribution in [-0.2, 0) is 0 Å². The molecule has 1 fully saturated rings. The van der Waals surface area contributed by atoms with Gasteiger partial charge in [-0.15, -0.1) is 11.8 Å².